The van der Waals surface area contributed by atoms with Gasteiger partial charge in [-0.2, -0.15) is 5.10 Å². The maximum absolute atomic E-state index is 12.7. The minimum atomic E-state index is -0.103. The zero-order chi connectivity index (χ0) is 20.6. The SMILES string of the molecule is Cc1nn(-c2ccccc2)c2[nH]c(=O)c(CNc3ccc(C(C)(C)C)cc3)cc12. The number of H-pyrrole nitrogens is 1. The van der Waals surface area contributed by atoms with E-state index in [4.69, 9.17) is 0 Å². The fourth-order valence-electron chi connectivity index (χ4n) is 3.43. The maximum atomic E-state index is 12.7. The van der Waals surface area contributed by atoms with E-state index in [1.54, 1.807) is 4.68 Å². The van der Waals surface area contributed by atoms with Crippen molar-refractivity contribution in [2.45, 2.75) is 39.7 Å². The van der Waals surface area contributed by atoms with E-state index >= 15 is 0 Å². The molecular formula is C24H26N4O. The summed E-state index contributed by atoms with van der Waals surface area (Å²) in [5.74, 6) is 0. The molecule has 29 heavy (non-hydrogen) atoms. The molecule has 0 atom stereocenters. The third-order valence-corrected chi connectivity index (χ3v) is 5.18. The molecule has 2 heterocycles. The van der Waals surface area contributed by atoms with Gasteiger partial charge >= 0.3 is 0 Å². The van der Waals surface area contributed by atoms with Crippen molar-refractivity contribution in [1.82, 2.24) is 14.8 Å². The lowest BCUT2D eigenvalue weighted by Gasteiger charge is -2.19. The summed E-state index contributed by atoms with van der Waals surface area (Å²) >= 11 is 0. The molecule has 2 aromatic heterocycles. The average Bonchev–Trinajstić information content (AvgIpc) is 3.02. The van der Waals surface area contributed by atoms with Crippen molar-refractivity contribution in [1.29, 1.82) is 0 Å². The van der Waals surface area contributed by atoms with Gasteiger partial charge in [-0.3, -0.25) is 4.79 Å². The van der Waals surface area contributed by atoms with Crippen LogP contribution < -0.4 is 10.9 Å². The normalized spacial score (nSPS) is 11.7. The van der Waals surface area contributed by atoms with E-state index in [-0.39, 0.29) is 11.0 Å². The van der Waals surface area contributed by atoms with Gasteiger partial charge in [0.25, 0.3) is 5.56 Å². The highest BCUT2D eigenvalue weighted by molar-refractivity contribution is 5.80. The second-order valence-corrected chi connectivity index (χ2v) is 8.40. The fourth-order valence-corrected chi connectivity index (χ4v) is 3.43. The van der Waals surface area contributed by atoms with Gasteiger partial charge in [-0.15, -0.1) is 0 Å². The Morgan fingerprint density at radius 3 is 2.38 bits per heavy atom. The van der Waals surface area contributed by atoms with Crippen molar-refractivity contribution in [3.8, 4) is 5.69 Å². The van der Waals surface area contributed by atoms with E-state index in [0.717, 1.165) is 28.1 Å². The van der Waals surface area contributed by atoms with E-state index in [0.29, 0.717) is 12.1 Å². The monoisotopic (exact) mass is 386 g/mol. The molecule has 5 nitrogen and oxygen atoms in total. The van der Waals surface area contributed by atoms with Crippen molar-refractivity contribution in [3.63, 3.8) is 0 Å². The number of benzene rings is 2. The molecular weight excluding hydrogens is 360 g/mol. The number of nitrogens with zero attached hydrogens (tertiary/aromatic N) is 2. The predicted octanol–water partition coefficient (Wildman–Crippen LogP) is 4.93. The highest BCUT2D eigenvalue weighted by Crippen LogP contribution is 2.24. The van der Waals surface area contributed by atoms with E-state index in [1.165, 1.54) is 5.56 Å². The Labute approximate surface area is 170 Å². The van der Waals surface area contributed by atoms with Gasteiger partial charge in [-0.25, -0.2) is 4.68 Å². The molecule has 0 aliphatic heterocycles. The average molecular weight is 386 g/mol. The van der Waals surface area contributed by atoms with Crippen LogP contribution in [0.25, 0.3) is 16.7 Å². The topological polar surface area (TPSA) is 62.7 Å². The van der Waals surface area contributed by atoms with Crippen molar-refractivity contribution in [3.05, 3.63) is 87.8 Å². The van der Waals surface area contributed by atoms with Crippen molar-refractivity contribution < 1.29 is 0 Å². The van der Waals surface area contributed by atoms with Crippen LogP contribution in [0.1, 0.15) is 37.6 Å². The zero-order valence-electron chi connectivity index (χ0n) is 17.3. The first-order valence-electron chi connectivity index (χ1n) is 9.84. The summed E-state index contributed by atoms with van der Waals surface area (Å²) in [6.45, 7) is 9.00. The quantitative estimate of drug-likeness (QED) is 0.523. The van der Waals surface area contributed by atoms with Gasteiger partial charge in [0.15, 0.2) is 0 Å². The van der Waals surface area contributed by atoms with Crippen molar-refractivity contribution >= 4 is 16.7 Å². The summed E-state index contributed by atoms with van der Waals surface area (Å²) in [5, 5.41) is 8.93. The van der Waals surface area contributed by atoms with Crippen LogP contribution in [0.4, 0.5) is 5.69 Å². The summed E-state index contributed by atoms with van der Waals surface area (Å²) in [6.07, 6.45) is 0. The minimum Gasteiger partial charge on any atom is -0.381 e. The molecule has 2 N–H and O–H groups in total. The molecule has 148 valence electrons. The van der Waals surface area contributed by atoms with Gasteiger partial charge < -0.3 is 10.3 Å². The van der Waals surface area contributed by atoms with E-state index < -0.39 is 0 Å². The second kappa shape index (κ2) is 7.24. The Bertz CT molecular complexity index is 1200. The molecule has 0 aliphatic rings. The number of para-hydroxylation sites is 1. The summed E-state index contributed by atoms with van der Waals surface area (Å²) in [7, 11) is 0. The number of hydrogen-bond donors (Lipinski definition) is 2. The molecule has 0 bridgehead atoms. The van der Waals surface area contributed by atoms with Gasteiger partial charge in [-0.05, 0) is 48.2 Å². The fraction of sp³-hybridized carbons (Fsp3) is 0.250. The van der Waals surface area contributed by atoms with Crippen molar-refractivity contribution in [2.24, 2.45) is 0 Å². The molecule has 2 aromatic carbocycles. The van der Waals surface area contributed by atoms with Gasteiger partial charge in [0, 0.05) is 23.2 Å². The maximum Gasteiger partial charge on any atom is 0.254 e. The van der Waals surface area contributed by atoms with Crippen LogP contribution in [-0.2, 0) is 12.0 Å². The molecule has 4 rings (SSSR count). The molecule has 0 unspecified atom stereocenters. The number of anilines is 1. The number of nitrogens with one attached hydrogen (secondary N) is 2. The molecule has 4 aromatic rings. The van der Waals surface area contributed by atoms with Crippen LogP contribution >= 0.6 is 0 Å². The number of fused-ring (bicyclic) bond motifs is 1. The number of pyridine rings is 1. The number of aryl methyl sites for hydroxylation is 1. The molecule has 0 saturated carbocycles. The molecule has 0 radical (unpaired) electrons. The Balaban J connectivity index is 1.61. The van der Waals surface area contributed by atoms with E-state index in [1.807, 2.05) is 43.3 Å². The number of rotatable bonds is 4. The smallest absolute Gasteiger partial charge is 0.254 e. The first-order chi connectivity index (χ1) is 13.8. The standard InChI is InChI=1S/C24H26N4O/c1-16-21-14-17(15-25-19-12-10-18(11-13-19)24(2,3)4)23(29)26-22(21)28(27-16)20-8-6-5-7-9-20/h5-14,25H,15H2,1-4H3,(H,26,29). The van der Waals surface area contributed by atoms with E-state index in [2.05, 4.69) is 60.4 Å². The van der Waals surface area contributed by atoms with Crippen LogP contribution in [0.15, 0.2) is 65.5 Å². The third-order valence-electron chi connectivity index (χ3n) is 5.18. The molecule has 0 spiro atoms. The van der Waals surface area contributed by atoms with Gasteiger partial charge in [0.05, 0.1) is 11.4 Å². The van der Waals surface area contributed by atoms with Crippen LogP contribution in [0.5, 0.6) is 0 Å². The number of aromatic nitrogens is 3. The van der Waals surface area contributed by atoms with Crippen LogP contribution in [0.2, 0.25) is 0 Å². The minimum absolute atomic E-state index is 0.103. The molecule has 0 saturated heterocycles. The predicted molar refractivity (Wildman–Crippen MR) is 119 cm³/mol. The Morgan fingerprint density at radius 1 is 1.03 bits per heavy atom. The highest BCUT2D eigenvalue weighted by atomic mass is 16.1. The summed E-state index contributed by atoms with van der Waals surface area (Å²) in [6, 6.07) is 20.1. The summed E-state index contributed by atoms with van der Waals surface area (Å²) in [5.41, 5.74) is 5.51. The number of aromatic amines is 1. The first-order valence-corrected chi connectivity index (χ1v) is 9.84. The van der Waals surface area contributed by atoms with Crippen LogP contribution in [0.3, 0.4) is 0 Å². The van der Waals surface area contributed by atoms with E-state index in [9.17, 15) is 4.79 Å². The van der Waals surface area contributed by atoms with Crippen LogP contribution in [0, 0.1) is 6.92 Å². The van der Waals surface area contributed by atoms with Crippen molar-refractivity contribution in [2.75, 3.05) is 5.32 Å². The van der Waals surface area contributed by atoms with Crippen LogP contribution in [-0.4, -0.2) is 14.8 Å². The van der Waals surface area contributed by atoms with Gasteiger partial charge in [-0.1, -0.05) is 51.1 Å². The third kappa shape index (κ3) is 3.81. The summed E-state index contributed by atoms with van der Waals surface area (Å²) in [4.78, 5) is 15.7. The number of hydrogen-bond acceptors (Lipinski definition) is 3. The summed E-state index contributed by atoms with van der Waals surface area (Å²) < 4.78 is 1.79. The lowest BCUT2D eigenvalue weighted by molar-refractivity contribution is 0.590. The molecule has 0 fully saturated rings. The highest BCUT2D eigenvalue weighted by Gasteiger charge is 2.14. The van der Waals surface area contributed by atoms with Gasteiger partial charge in [0.2, 0.25) is 0 Å². The Kier molecular flexibility index (Phi) is 4.74. The Hall–Kier alpha value is -3.34. The van der Waals surface area contributed by atoms with Gasteiger partial charge in [0.1, 0.15) is 5.65 Å². The second-order valence-electron chi connectivity index (χ2n) is 8.40. The zero-order valence-corrected chi connectivity index (χ0v) is 17.3. The molecule has 0 aliphatic carbocycles. The molecule has 0 amide bonds. The largest absolute Gasteiger partial charge is 0.381 e. The molecule has 5 heteroatoms. The first kappa shape index (κ1) is 19.0. The lowest BCUT2D eigenvalue weighted by atomic mass is 9.87. The Morgan fingerprint density at radius 2 is 1.72 bits per heavy atom. The lowest BCUT2D eigenvalue weighted by Crippen LogP contribution is -2.16.